The number of thiazole rings is 1. The number of amides is 3. The molecular formula is C19H24N4O3S. The second-order valence-corrected chi connectivity index (χ2v) is 8.16. The van der Waals surface area contributed by atoms with Crippen molar-refractivity contribution < 1.29 is 14.4 Å². The average molecular weight is 388 g/mol. The van der Waals surface area contributed by atoms with E-state index in [9.17, 15) is 14.4 Å². The maximum absolute atomic E-state index is 12.6. The Labute approximate surface area is 162 Å². The van der Waals surface area contributed by atoms with Gasteiger partial charge in [0.15, 0.2) is 5.13 Å². The second kappa shape index (κ2) is 8.04. The molecule has 0 bridgehead atoms. The number of nitrogens with one attached hydrogen (secondary N) is 2. The molecule has 2 heterocycles. The number of hydrogen-bond donors (Lipinski definition) is 2. The van der Waals surface area contributed by atoms with Crippen LogP contribution in [0.4, 0.5) is 10.8 Å². The van der Waals surface area contributed by atoms with Crippen molar-refractivity contribution in [2.75, 3.05) is 23.7 Å². The number of carbonyl (C=O) groups is 3. The highest BCUT2D eigenvalue weighted by molar-refractivity contribution is 7.22. The lowest BCUT2D eigenvalue weighted by Gasteiger charge is -2.32. The van der Waals surface area contributed by atoms with Crippen LogP contribution in [0, 0.1) is 11.8 Å². The summed E-state index contributed by atoms with van der Waals surface area (Å²) in [5, 5.41) is 6.20. The molecule has 3 rings (SSSR count). The van der Waals surface area contributed by atoms with Gasteiger partial charge in [-0.2, -0.15) is 0 Å². The largest absolute Gasteiger partial charge is 0.342 e. The van der Waals surface area contributed by atoms with E-state index in [-0.39, 0.29) is 29.6 Å². The van der Waals surface area contributed by atoms with Gasteiger partial charge in [0.2, 0.25) is 17.7 Å². The van der Waals surface area contributed by atoms with Crippen LogP contribution in [0.1, 0.15) is 33.6 Å². The molecule has 0 saturated carbocycles. The third-order valence-electron chi connectivity index (χ3n) is 4.61. The van der Waals surface area contributed by atoms with Crippen LogP contribution in [0.2, 0.25) is 0 Å². The molecule has 1 saturated heterocycles. The van der Waals surface area contributed by atoms with Crippen molar-refractivity contribution in [3.63, 3.8) is 0 Å². The molecule has 1 aliphatic heterocycles. The summed E-state index contributed by atoms with van der Waals surface area (Å²) in [5.41, 5.74) is 1.49. The van der Waals surface area contributed by atoms with Crippen molar-refractivity contribution >= 4 is 50.1 Å². The van der Waals surface area contributed by atoms with E-state index in [1.807, 2.05) is 30.9 Å². The molecular weight excluding hydrogens is 364 g/mol. The molecule has 0 spiro atoms. The number of fused-ring (bicyclic) bond motifs is 1. The minimum Gasteiger partial charge on any atom is -0.342 e. The molecule has 144 valence electrons. The van der Waals surface area contributed by atoms with E-state index >= 15 is 0 Å². The molecule has 0 aliphatic carbocycles. The fourth-order valence-corrected chi connectivity index (χ4v) is 4.10. The molecule has 3 amide bonds. The van der Waals surface area contributed by atoms with Crippen molar-refractivity contribution in [3.8, 4) is 0 Å². The molecule has 7 nitrogen and oxygen atoms in total. The lowest BCUT2D eigenvalue weighted by molar-refractivity contribution is -0.137. The summed E-state index contributed by atoms with van der Waals surface area (Å²) in [6.07, 6.45) is 1.34. The molecule has 0 atom stereocenters. The Balaban J connectivity index is 1.61. The fraction of sp³-hybridized carbons (Fsp3) is 0.474. The standard InChI is InChI=1S/C19H24N4O3S/c1-11(2)18(26)23-8-6-13(7-9-23)17(25)22-19-21-15-5-4-14(20-12(3)24)10-16(15)27-19/h4-5,10-11,13H,6-9H2,1-3H3,(H,20,24)(H,21,22,25). The van der Waals surface area contributed by atoms with Gasteiger partial charge in [0.25, 0.3) is 0 Å². The zero-order chi connectivity index (χ0) is 19.6. The Bertz CT molecular complexity index is 869. The zero-order valence-corrected chi connectivity index (χ0v) is 16.6. The van der Waals surface area contributed by atoms with Crippen LogP contribution in [0.3, 0.4) is 0 Å². The van der Waals surface area contributed by atoms with Crippen LogP contribution >= 0.6 is 11.3 Å². The molecule has 0 unspecified atom stereocenters. The number of nitrogens with zero attached hydrogens (tertiary/aromatic N) is 2. The predicted molar refractivity (Wildman–Crippen MR) is 107 cm³/mol. The summed E-state index contributed by atoms with van der Waals surface area (Å²) in [7, 11) is 0. The first-order valence-corrected chi connectivity index (χ1v) is 9.93. The van der Waals surface area contributed by atoms with Crippen molar-refractivity contribution in [3.05, 3.63) is 18.2 Å². The predicted octanol–water partition coefficient (Wildman–Crippen LogP) is 3.09. The van der Waals surface area contributed by atoms with Gasteiger partial charge in [-0.15, -0.1) is 0 Å². The van der Waals surface area contributed by atoms with Gasteiger partial charge in [-0.05, 0) is 31.0 Å². The van der Waals surface area contributed by atoms with Gasteiger partial charge in [-0.3, -0.25) is 14.4 Å². The van der Waals surface area contributed by atoms with Gasteiger partial charge in [0.05, 0.1) is 10.2 Å². The van der Waals surface area contributed by atoms with Gasteiger partial charge in [-0.1, -0.05) is 25.2 Å². The topological polar surface area (TPSA) is 91.4 Å². The van der Waals surface area contributed by atoms with Gasteiger partial charge in [0.1, 0.15) is 0 Å². The zero-order valence-electron chi connectivity index (χ0n) is 15.7. The monoisotopic (exact) mass is 388 g/mol. The van der Waals surface area contributed by atoms with Crippen LogP contribution in [0.5, 0.6) is 0 Å². The first-order chi connectivity index (χ1) is 12.8. The van der Waals surface area contributed by atoms with Crippen LogP contribution in [0.25, 0.3) is 10.2 Å². The fourth-order valence-electron chi connectivity index (χ4n) is 3.19. The molecule has 0 radical (unpaired) electrons. The van der Waals surface area contributed by atoms with E-state index < -0.39 is 0 Å². The summed E-state index contributed by atoms with van der Waals surface area (Å²) in [6, 6.07) is 5.46. The van der Waals surface area contributed by atoms with Crippen LogP contribution in [-0.2, 0) is 14.4 Å². The van der Waals surface area contributed by atoms with Crippen molar-refractivity contribution in [2.45, 2.75) is 33.6 Å². The summed E-state index contributed by atoms with van der Waals surface area (Å²) in [6.45, 7) is 6.49. The SMILES string of the molecule is CC(=O)Nc1ccc2nc(NC(=O)C3CCN(C(=O)C(C)C)CC3)sc2c1. The third kappa shape index (κ3) is 4.63. The molecule has 27 heavy (non-hydrogen) atoms. The number of carbonyl (C=O) groups excluding carboxylic acids is 3. The highest BCUT2D eigenvalue weighted by atomic mass is 32.1. The highest BCUT2D eigenvalue weighted by Gasteiger charge is 2.28. The maximum atomic E-state index is 12.6. The Morgan fingerprint density at radius 1 is 1.19 bits per heavy atom. The molecule has 1 aliphatic rings. The smallest absolute Gasteiger partial charge is 0.229 e. The minimum atomic E-state index is -0.130. The van der Waals surface area contributed by atoms with E-state index in [0.717, 1.165) is 10.2 Å². The first kappa shape index (κ1) is 19.3. The van der Waals surface area contributed by atoms with E-state index in [1.54, 1.807) is 6.07 Å². The molecule has 1 aromatic carbocycles. The van der Waals surface area contributed by atoms with Gasteiger partial charge < -0.3 is 15.5 Å². The summed E-state index contributed by atoms with van der Waals surface area (Å²) >= 11 is 1.38. The quantitative estimate of drug-likeness (QED) is 0.842. The average Bonchev–Trinajstić information content (AvgIpc) is 3.02. The number of rotatable bonds is 4. The number of hydrogen-bond acceptors (Lipinski definition) is 5. The lowest BCUT2D eigenvalue weighted by Crippen LogP contribution is -2.43. The Kier molecular flexibility index (Phi) is 5.74. The first-order valence-electron chi connectivity index (χ1n) is 9.11. The van der Waals surface area contributed by atoms with E-state index in [0.29, 0.717) is 36.8 Å². The van der Waals surface area contributed by atoms with Crippen LogP contribution in [0.15, 0.2) is 18.2 Å². The van der Waals surface area contributed by atoms with Gasteiger partial charge in [-0.25, -0.2) is 4.98 Å². The van der Waals surface area contributed by atoms with Crippen LogP contribution in [-0.4, -0.2) is 40.7 Å². The maximum Gasteiger partial charge on any atom is 0.229 e. The summed E-state index contributed by atoms with van der Waals surface area (Å²) in [4.78, 5) is 42.1. The number of likely N-dealkylation sites (tertiary alicyclic amines) is 1. The summed E-state index contributed by atoms with van der Waals surface area (Å²) < 4.78 is 0.897. The molecule has 2 aromatic rings. The van der Waals surface area contributed by atoms with E-state index in [4.69, 9.17) is 0 Å². The number of benzene rings is 1. The Morgan fingerprint density at radius 2 is 1.89 bits per heavy atom. The number of piperidine rings is 1. The number of aromatic nitrogens is 1. The highest BCUT2D eigenvalue weighted by Crippen LogP contribution is 2.29. The molecule has 8 heteroatoms. The van der Waals surface area contributed by atoms with Gasteiger partial charge in [0, 0.05) is 37.5 Å². The van der Waals surface area contributed by atoms with Crippen LogP contribution < -0.4 is 10.6 Å². The number of anilines is 2. The molecule has 1 fully saturated rings. The van der Waals surface area contributed by atoms with E-state index in [1.165, 1.54) is 18.3 Å². The minimum absolute atomic E-state index is 0.0134. The van der Waals surface area contributed by atoms with Crippen molar-refractivity contribution in [1.29, 1.82) is 0 Å². The third-order valence-corrected chi connectivity index (χ3v) is 5.54. The van der Waals surface area contributed by atoms with Crippen molar-refractivity contribution in [2.24, 2.45) is 11.8 Å². The lowest BCUT2D eigenvalue weighted by atomic mass is 9.95. The Morgan fingerprint density at radius 3 is 2.52 bits per heavy atom. The van der Waals surface area contributed by atoms with Crippen molar-refractivity contribution in [1.82, 2.24) is 9.88 Å². The van der Waals surface area contributed by atoms with Gasteiger partial charge >= 0.3 is 0 Å². The molecule has 2 N–H and O–H groups in total. The van der Waals surface area contributed by atoms with E-state index in [2.05, 4.69) is 15.6 Å². The molecule has 1 aromatic heterocycles. The normalized spacial score (nSPS) is 15.2. The Hall–Kier alpha value is -2.48. The second-order valence-electron chi connectivity index (χ2n) is 7.13. The summed E-state index contributed by atoms with van der Waals surface area (Å²) in [5.74, 6) is -0.152.